The van der Waals surface area contributed by atoms with Crippen molar-refractivity contribution >= 4 is 34.2 Å². The Bertz CT molecular complexity index is 486. The number of carbonyl (C=O) groups is 1. The SMILES string of the molecule is CNCC1CCCN1CC(=O)N(C)Cc1ccccc1Br.Cl. The molecule has 124 valence electrons. The molecule has 6 heteroatoms. The van der Waals surface area contributed by atoms with Crippen LogP contribution in [0.4, 0.5) is 0 Å². The number of amides is 1. The smallest absolute Gasteiger partial charge is 0.236 e. The number of hydrogen-bond acceptors (Lipinski definition) is 3. The molecular weight excluding hydrogens is 366 g/mol. The Hall–Kier alpha value is -0.620. The Morgan fingerprint density at radius 3 is 2.86 bits per heavy atom. The van der Waals surface area contributed by atoms with Gasteiger partial charge in [0.1, 0.15) is 0 Å². The summed E-state index contributed by atoms with van der Waals surface area (Å²) in [5.74, 6) is 0.189. The second-order valence-corrected chi connectivity index (χ2v) is 6.52. The van der Waals surface area contributed by atoms with E-state index in [1.54, 1.807) is 0 Å². The second kappa shape index (κ2) is 9.50. The second-order valence-electron chi connectivity index (χ2n) is 5.67. The molecule has 0 radical (unpaired) electrons. The van der Waals surface area contributed by atoms with Crippen LogP contribution < -0.4 is 5.32 Å². The van der Waals surface area contributed by atoms with Crippen LogP contribution in [0.3, 0.4) is 0 Å². The monoisotopic (exact) mass is 389 g/mol. The molecule has 0 bridgehead atoms. The van der Waals surface area contributed by atoms with Gasteiger partial charge in [-0.2, -0.15) is 0 Å². The van der Waals surface area contributed by atoms with E-state index in [9.17, 15) is 4.79 Å². The van der Waals surface area contributed by atoms with E-state index in [4.69, 9.17) is 0 Å². The number of benzene rings is 1. The van der Waals surface area contributed by atoms with Gasteiger partial charge >= 0.3 is 0 Å². The van der Waals surface area contributed by atoms with Gasteiger partial charge in [0.15, 0.2) is 0 Å². The van der Waals surface area contributed by atoms with Crippen LogP contribution in [-0.2, 0) is 11.3 Å². The maximum absolute atomic E-state index is 12.4. The molecule has 0 aromatic heterocycles. The highest BCUT2D eigenvalue weighted by Gasteiger charge is 2.26. The molecule has 4 nitrogen and oxygen atoms in total. The molecule has 0 aliphatic carbocycles. The van der Waals surface area contributed by atoms with Crippen LogP contribution in [0.15, 0.2) is 28.7 Å². The van der Waals surface area contributed by atoms with E-state index >= 15 is 0 Å². The molecule has 1 aliphatic heterocycles. The maximum Gasteiger partial charge on any atom is 0.236 e. The van der Waals surface area contributed by atoms with E-state index < -0.39 is 0 Å². The fourth-order valence-corrected chi connectivity index (χ4v) is 3.25. The van der Waals surface area contributed by atoms with Crippen molar-refractivity contribution in [2.45, 2.75) is 25.4 Å². The number of nitrogens with zero attached hydrogens (tertiary/aromatic N) is 2. The predicted octanol–water partition coefficient (Wildman–Crippen LogP) is 2.51. The lowest BCUT2D eigenvalue weighted by Crippen LogP contribution is -2.43. The average molecular weight is 391 g/mol. The quantitative estimate of drug-likeness (QED) is 0.811. The molecule has 1 fully saturated rings. The molecule has 0 saturated carbocycles. The molecule has 1 N–H and O–H groups in total. The van der Waals surface area contributed by atoms with E-state index in [-0.39, 0.29) is 18.3 Å². The van der Waals surface area contributed by atoms with Gasteiger partial charge in [0.2, 0.25) is 5.91 Å². The zero-order chi connectivity index (χ0) is 15.2. The van der Waals surface area contributed by atoms with Crippen molar-refractivity contribution in [2.24, 2.45) is 0 Å². The molecule has 2 rings (SSSR count). The highest BCUT2D eigenvalue weighted by Crippen LogP contribution is 2.19. The molecule has 1 unspecified atom stereocenters. The lowest BCUT2D eigenvalue weighted by molar-refractivity contribution is -0.131. The van der Waals surface area contributed by atoms with Gasteiger partial charge in [-0.05, 0) is 38.1 Å². The summed E-state index contributed by atoms with van der Waals surface area (Å²) >= 11 is 3.54. The zero-order valence-electron chi connectivity index (χ0n) is 13.2. The summed E-state index contributed by atoms with van der Waals surface area (Å²) in [6.45, 7) is 3.15. The van der Waals surface area contributed by atoms with Crippen molar-refractivity contribution in [1.29, 1.82) is 0 Å². The molecule has 1 aromatic rings. The minimum atomic E-state index is 0. The minimum absolute atomic E-state index is 0. The molecule has 1 saturated heterocycles. The van der Waals surface area contributed by atoms with Crippen molar-refractivity contribution in [3.63, 3.8) is 0 Å². The summed E-state index contributed by atoms with van der Waals surface area (Å²) in [6, 6.07) is 8.55. The Labute approximate surface area is 147 Å². The number of likely N-dealkylation sites (tertiary alicyclic amines) is 1. The lowest BCUT2D eigenvalue weighted by atomic mass is 10.2. The van der Waals surface area contributed by atoms with Crippen molar-refractivity contribution < 1.29 is 4.79 Å². The molecule has 22 heavy (non-hydrogen) atoms. The first-order valence-electron chi connectivity index (χ1n) is 7.48. The predicted molar refractivity (Wildman–Crippen MR) is 96.4 cm³/mol. The van der Waals surface area contributed by atoms with Crippen molar-refractivity contribution in [1.82, 2.24) is 15.1 Å². The number of hydrogen-bond donors (Lipinski definition) is 1. The number of rotatable bonds is 6. The van der Waals surface area contributed by atoms with Gasteiger partial charge in [-0.3, -0.25) is 9.69 Å². The van der Waals surface area contributed by atoms with Crippen LogP contribution in [0.5, 0.6) is 0 Å². The topological polar surface area (TPSA) is 35.6 Å². The molecule has 1 aliphatic rings. The third kappa shape index (κ3) is 5.23. The molecule has 1 heterocycles. The molecule has 1 amide bonds. The summed E-state index contributed by atoms with van der Waals surface area (Å²) in [7, 11) is 3.85. The van der Waals surface area contributed by atoms with E-state index in [0.29, 0.717) is 19.1 Å². The van der Waals surface area contributed by atoms with E-state index in [0.717, 1.165) is 23.1 Å². The van der Waals surface area contributed by atoms with Crippen LogP contribution >= 0.6 is 28.3 Å². The van der Waals surface area contributed by atoms with E-state index in [1.165, 1.54) is 12.8 Å². The Balaban J connectivity index is 0.00000242. The molecule has 1 atom stereocenters. The maximum atomic E-state index is 12.4. The standard InChI is InChI=1S/C16H24BrN3O.ClH/c1-18-10-14-7-5-9-20(14)12-16(21)19(2)11-13-6-3-4-8-15(13)17;/h3-4,6,8,14,18H,5,7,9-12H2,1-2H3;1H. The third-order valence-corrected chi connectivity index (χ3v) is 4.84. The average Bonchev–Trinajstić information content (AvgIpc) is 2.89. The summed E-state index contributed by atoms with van der Waals surface area (Å²) in [5.41, 5.74) is 1.14. The first-order valence-corrected chi connectivity index (χ1v) is 8.27. The van der Waals surface area contributed by atoms with Crippen LogP contribution in [-0.4, -0.2) is 55.5 Å². The van der Waals surface area contributed by atoms with Crippen molar-refractivity contribution in [3.05, 3.63) is 34.3 Å². The molecule has 0 spiro atoms. The summed E-state index contributed by atoms with van der Waals surface area (Å²) < 4.78 is 1.05. The Morgan fingerprint density at radius 1 is 1.45 bits per heavy atom. The van der Waals surface area contributed by atoms with Gasteiger partial charge in [-0.25, -0.2) is 0 Å². The molecule has 1 aromatic carbocycles. The van der Waals surface area contributed by atoms with Gasteiger partial charge in [-0.15, -0.1) is 12.4 Å². The fourth-order valence-electron chi connectivity index (χ4n) is 2.83. The number of nitrogens with one attached hydrogen (secondary N) is 1. The van der Waals surface area contributed by atoms with Gasteiger partial charge in [0.25, 0.3) is 0 Å². The van der Waals surface area contributed by atoms with Crippen LogP contribution in [0.2, 0.25) is 0 Å². The van der Waals surface area contributed by atoms with Gasteiger partial charge in [-0.1, -0.05) is 34.1 Å². The number of likely N-dealkylation sites (N-methyl/N-ethyl adjacent to an activating group) is 2. The Kier molecular flexibility index (Phi) is 8.39. The van der Waals surface area contributed by atoms with Crippen LogP contribution in [0.1, 0.15) is 18.4 Å². The van der Waals surface area contributed by atoms with Crippen LogP contribution in [0.25, 0.3) is 0 Å². The number of carbonyl (C=O) groups excluding carboxylic acids is 1. The highest BCUT2D eigenvalue weighted by molar-refractivity contribution is 9.10. The fraction of sp³-hybridized carbons (Fsp3) is 0.562. The summed E-state index contributed by atoms with van der Waals surface area (Å²) in [4.78, 5) is 16.5. The minimum Gasteiger partial charge on any atom is -0.340 e. The highest BCUT2D eigenvalue weighted by atomic mass is 79.9. The first kappa shape index (κ1) is 19.4. The number of halogens is 2. The lowest BCUT2D eigenvalue weighted by Gasteiger charge is -2.26. The van der Waals surface area contributed by atoms with E-state index in [2.05, 4.69) is 26.1 Å². The van der Waals surface area contributed by atoms with Gasteiger partial charge in [0, 0.05) is 30.7 Å². The van der Waals surface area contributed by atoms with Gasteiger partial charge < -0.3 is 10.2 Å². The largest absolute Gasteiger partial charge is 0.340 e. The van der Waals surface area contributed by atoms with E-state index in [1.807, 2.05) is 43.3 Å². The zero-order valence-corrected chi connectivity index (χ0v) is 15.6. The molecular formula is C16H25BrClN3O. The van der Waals surface area contributed by atoms with Crippen molar-refractivity contribution in [2.75, 3.05) is 33.7 Å². The van der Waals surface area contributed by atoms with Gasteiger partial charge in [0.05, 0.1) is 6.54 Å². The first-order chi connectivity index (χ1) is 10.1. The summed E-state index contributed by atoms with van der Waals surface area (Å²) in [6.07, 6.45) is 2.37. The normalized spacial score (nSPS) is 18.0. The van der Waals surface area contributed by atoms with Crippen LogP contribution in [0, 0.1) is 0 Å². The summed E-state index contributed by atoms with van der Waals surface area (Å²) in [5, 5.41) is 3.22. The third-order valence-electron chi connectivity index (χ3n) is 4.07. The van der Waals surface area contributed by atoms with Crippen molar-refractivity contribution in [3.8, 4) is 0 Å². The Morgan fingerprint density at radius 2 is 2.18 bits per heavy atom.